The van der Waals surface area contributed by atoms with E-state index in [-0.39, 0.29) is 17.7 Å². The first-order valence-corrected chi connectivity index (χ1v) is 9.62. The highest BCUT2D eigenvalue weighted by molar-refractivity contribution is 5.95. The summed E-state index contributed by atoms with van der Waals surface area (Å²) >= 11 is 0. The Hall–Kier alpha value is -3.49. The maximum Gasteiger partial charge on any atom is 0.259 e. The van der Waals surface area contributed by atoms with Gasteiger partial charge in [0.25, 0.3) is 5.91 Å². The van der Waals surface area contributed by atoms with Gasteiger partial charge in [-0.3, -0.25) is 4.79 Å². The largest absolute Gasteiger partial charge is 0.492 e. The fraction of sp³-hybridized carbons (Fsp3) is 0.286. The number of ether oxygens (including phenoxy) is 1. The van der Waals surface area contributed by atoms with Gasteiger partial charge in [0.1, 0.15) is 28.8 Å². The Bertz CT molecular complexity index is 1080. The van der Waals surface area contributed by atoms with Gasteiger partial charge in [-0.1, -0.05) is 12.1 Å². The van der Waals surface area contributed by atoms with Crippen LogP contribution < -0.4 is 16.2 Å². The first-order chi connectivity index (χ1) is 14.4. The number of benzene rings is 2. The van der Waals surface area contributed by atoms with Crippen molar-refractivity contribution in [1.29, 1.82) is 0 Å². The summed E-state index contributed by atoms with van der Waals surface area (Å²) < 4.78 is 33.8. The molecule has 0 spiro atoms. The van der Waals surface area contributed by atoms with E-state index in [9.17, 15) is 13.6 Å². The lowest BCUT2D eigenvalue weighted by Crippen LogP contribution is -2.40. The molecule has 4 rings (SSSR count). The maximum absolute atomic E-state index is 13.9. The molecule has 4 N–H and O–H groups in total. The van der Waals surface area contributed by atoms with Gasteiger partial charge in [0.05, 0.1) is 17.5 Å². The van der Waals surface area contributed by atoms with Crippen molar-refractivity contribution in [3.63, 3.8) is 0 Å². The van der Waals surface area contributed by atoms with Crippen molar-refractivity contribution in [2.45, 2.75) is 12.8 Å². The van der Waals surface area contributed by atoms with E-state index in [4.69, 9.17) is 16.2 Å². The van der Waals surface area contributed by atoms with Gasteiger partial charge >= 0.3 is 0 Å². The molecule has 1 aliphatic heterocycles. The van der Waals surface area contributed by atoms with Crippen molar-refractivity contribution < 1.29 is 18.3 Å². The number of nitrogens with two attached hydrogens (primary N) is 2. The third-order valence-corrected chi connectivity index (χ3v) is 5.28. The summed E-state index contributed by atoms with van der Waals surface area (Å²) in [5.41, 5.74) is 11.7. The molecule has 0 bridgehead atoms. The Morgan fingerprint density at radius 2 is 1.73 bits per heavy atom. The van der Waals surface area contributed by atoms with Crippen LogP contribution in [0.4, 0.5) is 20.5 Å². The van der Waals surface area contributed by atoms with Gasteiger partial charge in [0, 0.05) is 13.1 Å². The van der Waals surface area contributed by atoms with Crippen molar-refractivity contribution in [2.75, 3.05) is 31.2 Å². The first kappa shape index (κ1) is 19.8. The van der Waals surface area contributed by atoms with Gasteiger partial charge in [0.2, 0.25) is 5.95 Å². The molecule has 30 heavy (non-hydrogen) atoms. The van der Waals surface area contributed by atoms with Crippen LogP contribution in [0.2, 0.25) is 0 Å². The average Bonchev–Trinajstić information content (AvgIpc) is 2.72. The number of piperidine rings is 1. The number of amides is 1. The van der Waals surface area contributed by atoms with E-state index >= 15 is 0 Å². The number of aromatic nitrogens is 2. The van der Waals surface area contributed by atoms with E-state index in [1.807, 2.05) is 0 Å². The van der Waals surface area contributed by atoms with Crippen molar-refractivity contribution in [3.05, 3.63) is 53.6 Å². The van der Waals surface area contributed by atoms with Gasteiger partial charge in [0.15, 0.2) is 0 Å². The number of nitrogen functional groups attached to an aromatic ring is 2. The van der Waals surface area contributed by atoms with Gasteiger partial charge < -0.3 is 21.1 Å². The van der Waals surface area contributed by atoms with E-state index in [2.05, 4.69) is 9.97 Å². The second kappa shape index (κ2) is 8.10. The van der Waals surface area contributed by atoms with Crippen LogP contribution in [0.25, 0.3) is 10.9 Å². The quantitative estimate of drug-likeness (QED) is 0.681. The molecule has 1 aliphatic rings. The summed E-state index contributed by atoms with van der Waals surface area (Å²) in [6.45, 7) is 1.22. The highest BCUT2D eigenvalue weighted by atomic mass is 19.1. The Balaban J connectivity index is 1.39. The summed E-state index contributed by atoms with van der Waals surface area (Å²) in [5.74, 6) is -1.21. The predicted octanol–water partition coefficient (Wildman–Crippen LogP) is 3.00. The molecule has 1 fully saturated rings. The number of fused-ring (bicyclic) bond motifs is 1. The topological polar surface area (TPSA) is 107 Å². The molecule has 2 heterocycles. The van der Waals surface area contributed by atoms with Crippen molar-refractivity contribution in [1.82, 2.24) is 14.9 Å². The van der Waals surface area contributed by atoms with Crippen LogP contribution in [0, 0.1) is 17.6 Å². The number of hydrogen-bond acceptors (Lipinski definition) is 6. The standard InChI is InChI=1S/C21H21F2N5O2/c22-13-3-1-4-14(23)17(13)20(29)28-9-7-12(8-10-28)11-30-16-6-2-5-15-18(16)19(24)27-21(25)26-15/h1-6,12H,7-11H2,(H4,24,25,26,27). The van der Waals surface area contributed by atoms with Gasteiger partial charge in [-0.25, -0.2) is 13.8 Å². The van der Waals surface area contributed by atoms with Crippen molar-refractivity contribution in [3.8, 4) is 5.75 Å². The molecule has 9 heteroatoms. The fourth-order valence-corrected chi connectivity index (χ4v) is 3.69. The molecule has 0 radical (unpaired) electrons. The molecule has 1 saturated heterocycles. The van der Waals surface area contributed by atoms with Crippen molar-refractivity contribution >= 4 is 28.6 Å². The zero-order valence-corrected chi connectivity index (χ0v) is 16.1. The third-order valence-electron chi connectivity index (χ3n) is 5.28. The molecular formula is C21H21F2N5O2. The molecule has 1 amide bonds. The summed E-state index contributed by atoms with van der Waals surface area (Å²) in [6.07, 6.45) is 1.32. The smallest absolute Gasteiger partial charge is 0.259 e. The van der Waals surface area contributed by atoms with Crippen LogP contribution in [0.5, 0.6) is 5.75 Å². The van der Waals surface area contributed by atoms with Crippen LogP contribution in [0.3, 0.4) is 0 Å². The van der Waals surface area contributed by atoms with Crippen LogP contribution in [0.15, 0.2) is 36.4 Å². The Morgan fingerprint density at radius 3 is 2.43 bits per heavy atom. The number of halogens is 2. The van der Waals surface area contributed by atoms with Gasteiger partial charge in [-0.15, -0.1) is 0 Å². The van der Waals surface area contributed by atoms with E-state index in [0.29, 0.717) is 49.2 Å². The van der Waals surface area contributed by atoms with Gasteiger partial charge in [-0.05, 0) is 43.0 Å². The molecular weight excluding hydrogens is 392 g/mol. The first-order valence-electron chi connectivity index (χ1n) is 9.62. The molecule has 156 valence electrons. The molecule has 7 nitrogen and oxygen atoms in total. The van der Waals surface area contributed by atoms with Crippen molar-refractivity contribution in [2.24, 2.45) is 5.92 Å². The molecule has 1 aromatic heterocycles. The predicted molar refractivity (Wildman–Crippen MR) is 109 cm³/mol. The normalized spacial score (nSPS) is 14.8. The molecule has 0 aliphatic carbocycles. The lowest BCUT2D eigenvalue weighted by atomic mass is 9.97. The SMILES string of the molecule is Nc1nc(N)c2c(OCC3CCN(C(=O)c4c(F)cccc4F)CC3)cccc2n1. The van der Waals surface area contributed by atoms with E-state index in [1.54, 1.807) is 18.2 Å². The number of rotatable bonds is 4. The zero-order chi connectivity index (χ0) is 21.3. The number of anilines is 2. The van der Waals surface area contributed by atoms with Crippen LogP contribution in [0.1, 0.15) is 23.2 Å². The molecule has 0 saturated carbocycles. The minimum Gasteiger partial charge on any atom is -0.492 e. The average molecular weight is 413 g/mol. The van der Waals surface area contributed by atoms with E-state index < -0.39 is 23.1 Å². The van der Waals surface area contributed by atoms with Gasteiger partial charge in [-0.2, -0.15) is 4.98 Å². The Kier molecular flexibility index (Phi) is 5.35. The number of hydrogen-bond donors (Lipinski definition) is 2. The minimum atomic E-state index is -0.846. The lowest BCUT2D eigenvalue weighted by molar-refractivity contribution is 0.0652. The highest BCUT2D eigenvalue weighted by Crippen LogP contribution is 2.30. The van der Waals surface area contributed by atoms with Crippen LogP contribution in [-0.2, 0) is 0 Å². The summed E-state index contributed by atoms with van der Waals surface area (Å²) in [7, 11) is 0. The Morgan fingerprint density at radius 1 is 1.07 bits per heavy atom. The van der Waals surface area contributed by atoms with Crippen LogP contribution in [-0.4, -0.2) is 40.5 Å². The molecule has 3 aromatic rings. The monoisotopic (exact) mass is 413 g/mol. The second-order valence-electron chi connectivity index (χ2n) is 7.26. The minimum absolute atomic E-state index is 0.0977. The third kappa shape index (κ3) is 3.83. The Labute approximate surface area is 171 Å². The van der Waals surface area contributed by atoms with Crippen LogP contribution >= 0.6 is 0 Å². The number of nitrogens with zero attached hydrogens (tertiary/aromatic N) is 3. The molecule has 0 unspecified atom stereocenters. The molecule has 0 atom stereocenters. The fourth-order valence-electron chi connectivity index (χ4n) is 3.69. The number of carbonyl (C=O) groups is 1. The number of likely N-dealkylation sites (tertiary alicyclic amines) is 1. The zero-order valence-electron chi connectivity index (χ0n) is 16.1. The van der Waals surface area contributed by atoms with E-state index in [1.165, 1.54) is 11.0 Å². The number of carbonyl (C=O) groups excluding carboxylic acids is 1. The maximum atomic E-state index is 13.9. The summed E-state index contributed by atoms with van der Waals surface area (Å²) in [6, 6.07) is 8.78. The summed E-state index contributed by atoms with van der Waals surface area (Å²) in [4.78, 5) is 22.1. The van der Waals surface area contributed by atoms with E-state index in [0.717, 1.165) is 12.1 Å². The summed E-state index contributed by atoms with van der Waals surface area (Å²) in [5, 5.41) is 0.606. The lowest BCUT2D eigenvalue weighted by Gasteiger charge is -2.32. The second-order valence-corrected chi connectivity index (χ2v) is 7.26. The highest BCUT2D eigenvalue weighted by Gasteiger charge is 2.27. The molecule has 2 aromatic carbocycles.